The van der Waals surface area contributed by atoms with E-state index in [1.807, 2.05) is 19.9 Å². The third-order valence-corrected chi connectivity index (χ3v) is 8.80. The van der Waals surface area contributed by atoms with Crippen molar-refractivity contribution in [3.05, 3.63) is 70.4 Å². The monoisotopic (exact) mass is 560 g/mol. The highest BCUT2D eigenvalue weighted by atomic mass is 32.2. The summed E-state index contributed by atoms with van der Waals surface area (Å²) >= 11 is 0. The van der Waals surface area contributed by atoms with Crippen LogP contribution < -0.4 is 11.1 Å². The first-order valence-corrected chi connectivity index (χ1v) is 13.9. The van der Waals surface area contributed by atoms with E-state index in [1.165, 1.54) is 0 Å². The summed E-state index contributed by atoms with van der Waals surface area (Å²) in [6.07, 6.45) is 0. The van der Waals surface area contributed by atoms with Crippen molar-refractivity contribution in [1.29, 1.82) is 0 Å². The summed E-state index contributed by atoms with van der Waals surface area (Å²) in [6.45, 7) is 7.21. The van der Waals surface area contributed by atoms with Crippen molar-refractivity contribution in [2.45, 2.75) is 37.2 Å². The Morgan fingerprint density at radius 3 is 2.51 bits per heavy atom. The smallest absolute Gasteiger partial charge is 0.258 e. The van der Waals surface area contributed by atoms with Crippen LogP contribution in [0, 0.1) is 11.6 Å². The van der Waals surface area contributed by atoms with E-state index >= 15 is 0 Å². The summed E-state index contributed by atoms with van der Waals surface area (Å²) in [5.41, 5.74) is 8.14. The van der Waals surface area contributed by atoms with Gasteiger partial charge < -0.3 is 15.8 Å². The Morgan fingerprint density at radius 2 is 1.85 bits per heavy atom. The predicted molar refractivity (Wildman–Crippen MR) is 140 cm³/mol. The van der Waals surface area contributed by atoms with E-state index in [-0.39, 0.29) is 24.5 Å². The topological polar surface area (TPSA) is 134 Å². The standard InChI is InChI=1S/C26H30F2N6O4S/c1-26(2)15-34(39(36,37)19-11-17(27)10-18(28)12-19)14-21-23(26)31-32-24(21)30-25(35)20-4-3-16(9-22(20)29)13-33-5-7-38-8-6-33/h3-4,9-12H,5-8,13-15,29H2,1-2H3,(H2,30,31,32,35). The van der Waals surface area contributed by atoms with Crippen molar-refractivity contribution in [3.8, 4) is 0 Å². The zero-order chi connectivity index (χ0) is 27.9. The number of carbonyl (C=O) groups excluding carboxylic acids is 1. The van der Waals surface area contributed by atoms with Gasteiger partial charge in [-0.15, -0.1) is 0 Å². The number of H-pyrrole nitrogens is 1. The average molecular weight is 561 g/mol. The van der Waals surface area contributed by atoms with Crippen LogP contribution >= 0.6 is 0 Å². The maximum Gasteiger partial charge on any atom is 0.258 e. The molecule has 10 nitrogen and oxygen atoms in total. The Labute approximate surface area is 225 Å². The Kier molecular flexibility index (Phi) is 7.18. The van der Waals surface area contributed by atoms with Gasteiger partial charge in [-0.1, -0.05) is 19.9 Å². The fourth-order valence-electron chi connectivity index (χ4n) is 5.04. The van der Waals surface area contributed by atoms with Crippen molar-refractivity contribution < 1.29 is 26.7 Å². The molecule has 13 heteroatoms. The molecule has 4 N–H and O–H groups in total. The summed E-state index contributed by atoms with van der Waals surface area (Å²) in [5, 5.41) is 9.91. The van der Waals surface area contributed by atoms with Crippen molar-refractivity contribution in [1.82, 2.24) is 19.4 Å². The molecule has 0 unspecified atom stereocenters. The van der Waals surface area contributed by atoms with Gasteiger partial charge in [-0.3, -0.25) is 14.8 Å². The highest BCUT2D eigenvalue weighted by Gasteiger charge is 2.41. The number of sulfonamides is 1. The van der Waals surface area contributed by atoms with Crippen LogP contribution in [0.2, 0.25) is 0 Å². The van der Waals surface area contributed by atoms with Crippen molar-refractivity contribution in [2.24, 2.45) is 0 Å². The number of nitrogens with one attached hydrogen (secondary N) is 2. The van der Waals surface area contributed by atoms with Gasteiger partial charge in [0.2, 0.25) is 10.0 Å². The van der Waals surface area contributed by atoms with Gasteiger partial charge in [0.1, 0.15) is 11.6 Å². The van der Waals surface area contributed by atoms with Crippen molar-refractivity contribution in [3.63, 3.8) is 0 Å². The van der Waals surface area contributed by atoms with Gasteiger partial charge in [-0.25, -0.2) is 17.2 Å². The van der Waals surface area contributed by atoms with E-state index in [0.717, 1.165) is 35.1 Å². The molecule has 1 fully saturated rings. The Morgan fingerprint density at radius 1 is 1.15 bits per heavy atom. The molecular formula is C26H30F2N6O4S. The number of nitrogen functional groups attached to an aromatic ring is 1. The van der Waals surface area contributed by atoms with Gasteiger partial charge in [0.15, 0.2) is 5.82 Å². The number of hydrogen-bond acceptors (Lipinski definition) is 7. The second-order valence-electron chi connectivity index (χ2n) is 10.5. The number of halogens is 2. The second kappa shape index (κ2) is 10.3. The lowest BCUT2D eigenvalue weighted by Crippen LogP contribution is -2.45. The molecule has 1 saturated heterocycles. The number of aromatic amines is 1. The Bertz CT molecular complexity index is 1500. The Balaban J connectivity index is 1.37. The molecule has 1 amide bonds. The van der Waals surface area contributed by atoms with Gasteiger partial charge in [0.25, 0.3) is 5.91 Å². The number of hydrogen-bond donors (Lipinski definition) is 3. The molecule has 0 saturated carbocycles. The quantitative estimate of drug-likeness (QED) is 0.395. The van der Waals surface area contributed by atoms with E-state index in [1.54, 1.807) is 12.1 Å². The third-order valence-electron chi connectivity index (χ3n) is 7.03. The van der Waals surface area contributed by atoms with E-state index in [9.17, 15) is 22.0 Å². The van der Waals surface area contributed by atoms with E-state index in [4.69, 9.17) is 10.5 Å². The number of amides is 1. The molecule has 2 aliphatic heterocycles. The van der Waals surface area contributed by atoms with Crippen LogP contribution in [0.1, 0.15) is 41.0 Å². The minimum atomic E-state index is -4.25. The molecule has 0 atom stereocenters. The van der Waals surface area contributed by atoms with Crippen LogP contribution in [0.15, 0.2) is 41.3 Å². The molecule has 0 bridgehead atoms. The average Bonchev–Trinajstić information content (AvgIpc) is 3.27. The molecular weight excluding hydrogens is 530 g/mol. The minimum Gasteiger partial charge on any atom is -0.398 e. The number of nitrogens with zero attached hydrogens (tertiary/aromatic N) is 3. The van der Waals surface area contributed by atoms with Crippen molar-refractivity contribution >= 4 is 27.4 Å². The largest absolute Gasteiger partial charge is 0.398 e. The number of aromatic nitrogens is 2. The van der Waals surface area contributed by atoms with Crippen LogP contribution in [0.5, 0.6) is 0 Å². The van der Waals surface area contributed by atoms with Crippen molar-refractivity contribution in [2.75, 3.05) is 43.9 Å². The zero-order valence-electron chi connectivity index (χ0n) is 21.6. The number of rotatable bonds is 6. The number of benzene rings is 2. The zero-order valence-corrected chi connectivity index (χ0v) is 22.4. The molecule has 0 radical (unpaired) electrons. The SMILES string of the molecule is CC1(C)CN(S(=O)(=O)c2cc(F)cc(F)c2)Cc2c(NC(=O)c3ccc(CN4CCOCC4)cc3N)n[nH]c21. The summed E-state index contributed by atoms with van der Waals surface area (Å²) in [7, 11) is -4.25. The van der Waals surface area contributed by atoms with Crippen LogP contribution in [-0.4, -0.2) is 66.6 Å². The minimum absolute atomic E-state index is 0.0353. The van der Waals surface area contributed by atoms with Gasteiger partial charge >= 0.3 is 0 Å². The fourth-order valence-corrected chi connectivity index (χ4v) is 6.65. The molecule has 3 aromatic rings. The molecule has 5 rings (SSSR count). The Hall–Kier alpha value is -3.39. The molecule has 2 aliphatic rings. The van der Waals surface area contributed by atoms with Gasteiger partial charge in [0, 0.05) is 61.1 Å². The predicted octanol–water partition coefficient (Wildman–Crippen LogP) is 2.84. The highest BCUT2D eigenvalue weighted by molar-refractivity contribution is 7.89. The molecule has 208 valence electrons. The maximum absolute atomic E-state index is 13.8. The maximum atomic E-state index is 13.8. The number of ether oxygens (including phenoxy) is 1. The van der Waals surface area contributed by atoms with E-state index in [0.29, 0.717) is 42.8 Å². The normalized spacial score (nSPS) is 18.1. The number of anilines is 2. The first-order chi connectivity index (χ1) is 18.4. The van der Waals surface area contributed by atoms with E-state index < -0.39 is 37.9 Å². The first-order valence-electron chi connectivity index (χ1n) is 12.5. The summed E-state index contributed by atoms with van der Waals surface area (Å²) in [4.78, 5) is 14.9. The lowest BCUT2D eigenvalue weighted by atomic mass is 9.84. The lowest BCUT2D eigenvalue weighted by Gasteiger charge is -2.36. The van der Waals surface area contributed by atoms with Crippen LogP contribution in [0.3, 0.4) is 0 Å². The van der Waals surface area contributed by atoms with Gasteiger partial charge in [-0.2, -0.15) is 9.40 Å². The number of carbonyl (C=O) groups is 1. The molecule has 2 aromatic carbocycles. The molecule has 1 aromatic heterocycles. The number of morpholine rings is 1. The molecule has 3 heterocycles. The van der Waals surface area contributed by atoms with Gasteiger partial charge in [-0.05, 0) is 29.8 Å². The number of nitrogens with two attached hydrogens (primary N) is 1. The highest BCUT2D eigenvalue weighted by Crippen LogP contribution is 2.38. The number of fused-ring (bicyclic) bond motifs is 1. The first kappa shape index (κ1) is 27.2. The summed E-state index contributed by atoms with van der Waals surface area (Å²) < 4.78 is 60.8. The van der Waals surface area contributed by atoms with Crippen LogP contribution in [0.25, 0.3) is 0 Å². The molecule has 39 heavy (non-hydrogen) atoms. The van der Waals surface area contributed by atoms with Crippen LogP contribution in [-0.2, 0) is 33.3 Å². The van der Waals surface area contributed by atoms with Gasteiger partial charge in [0.05, 0.1) is 23.7 Å². The fraction of sp³-hybridized carbons (Fsp3) is 0.385. The third kappa shape index (κ3) is 5.53. The lowest BCUT2D eigenvalue weighted by molar-refractivity contribution is 0.0342. The summed E-state index contributed by atoms with van der Waals surface area (Å²) in [5.74, 6) is -2.32. The summed E-state index contributed by atoms with van der Waals surface area (Å²) in [6, 6.07) is 7.44. The molecule has 0 aliphatic carbocycles. The molecule has 0 spiro atoms. The van der Waals surface area contributed by atoms with Crippen LogP contribution in [0.4, 0.5) is 20.3 Å². The second-order valence-corrected chi connectivity index (χ2v) is 12.4. The van der Waals surface area contributed by atoms with E-state index in [2.05, 4.69) is 20.4 Å².